The van der Waals surface area contributed by atoms with Crippen molar-refractivity contribution in [1.29, 1.82) is 0 Å². The number of rotatable bonds is 2. The maximum absolute atomic E-state index is 14.5. The summed E-state index contributed by atoms with van der Waals surface area (Å²) < 4.78 is 29.7. The van der Waals surface area contributed by atoms with Crippen LogP contribution >= 0.6 is 0 Å². The maximum atomic E-state index is 14.5. The SMILES string of the molecule is CC1CCN(c2nc(-c3cccc(F)c3F)c3c(N)n(C)nc3n2)CC1. The minimum Gasteiger partial charge on any atom is -0.383 e. The third kappa shape index (κ3) is 2.65. The van der Waals surface area contributed by atoms with Gasteiger partial charge in [-0.1, -0.05) is 13.0 Å². The molecular weight excluding hydrogens is 338 g/mol. The first-order chi connectivity index (χ1) is 12.5. The zero-order valence-electron chi connectivity index (χ0n) is 14.7. The summed E-state index contributed by atoms with van der Waals surface area (Å²) in [7, 11) is 1.69. The van der Waals surface area contributed by atoms with E-state index in [1.54, 1.807) is 7.05 Å². The van der Waals surface area contributed by atoms with Gasteiger partial charge >= 0.3 is 0 Å². The molecule has 2 N–H and O–H groups in total. The Balaban J connectivity index is 1.93. The van der Waals surface area contributed by atoms with Gasteiger partial charge in [0.05, 0.1) is 11.1 Å². The molecule has 3 heterocycles. The van der Waals surface area contributed by atoms with E-state index in [-0.39, 0.29) is 11.3 Å². The van der Waals surface area contributed by atoms with Gasteiger partial charge in [0.1, 0.15) is 5.82 Å². The molecule has 6 nitrogen and oxygen atoms in total. The van der Waals surface area contributed by atoms with Crippen LogP contribution in [0.5, 0.6) is 0 Å². The van der Waals surface area contributed by atoms with Crippen molar-refractivity contribution >= 4 is 22.8 Å². The number of aryl methyl sites for hydroxylation is 1. The Hall–Kier alpha value is -2.77. The number of benzene rings is 1. The quantitative estimate of drug-likeness (QED) is 0.762. The number of anilines is 2. The van der Waals surface area contributed by atoms with Crippen molar-refractivity contribution in [2.24, 2.45) is 13.0 Å². The van der Waals surface area contributed by atoms with E-state index in [4.69, 9.17) is 5.73 Å². The van der Waals surface area contributed by atoms with Gasteiger partial charge in [0.25, 0.3) is 0 Å². The molecule has 1 aliphatic rings. The van der Waals surface area contributed by atoms with Crippen LogP contribution in [-0.4, -0.2) is 32.8 Å². The number of nitrogen functional groups attached to an aromatic ring is 1. The third-order valence-corrected chi connectivity index (χ3v) is 5.00. The van der Waals surface area contributed by atoms with Crippen LogP contribution in [0.15, 0.2) is 18.2 Å². The summed E-state index contributed by atoms with van der Waals surface area (Å²) >= 11 is 0. The van der Waals surface area contributed by atoms with E-state index in [9.17, 15) is 8.78 Å². The topological polar surface area (TPSA) is 72.9 Å². The van der Waals surface area contributed by atoms with Crippen molar-refractivity contribution in [3.63, 3.8) is 0 Å². The van der Waals surface area contributed by atoms with Crippen LogP contribution in [0.3, 0.4) is 0 Å². The molecule has 2 aromatic heterocycles. The largest absolute Gasteiger partial charge is 0.383 e. The molecule has 1 fully saturated rings. The predicted octanol–water partition coefficient (Wildman–Crippen LogP) is 3.13. The van der Waals surface area contributed by atoms with E-state index < -0.39 is 11.6 Å². The summed E-state index contributed by atoms with van der Waals surface area (Å²) in [6.45, 7) is 3.86. The van der Waals surface area contributed by atoms with Crippen LogP contribution in [0.4, 0.5) is 20.5 Å². The standard InChI is InChI=1S/C18H20F2N6/c1-10-6-8-26(9-7-10)18-22-15(11-4-3-5-12(19)14(11)20)13-16(21)25(2)24-17(13)23-18/h3-5,10H,6-9,21H2,1-2H3. The summed E-state index contributed by atoms with van der Waals surface area (Å²) in [5, 5.41) is 4.76. The Morgan fingerprint density at radius 3 is 2.62 bits per heavy atom. The molecule has 0 bridgehead atoms. The van der Waals surface area contributed by atoms with Gasteiger partial charge in [0, 0.05) is 25.7 Å². The van der Waals surface area contributed by atoms with Gasteiger partial charge in [-0.25, -0.2) is 13.8 Å². The van der Waals surface area contributed by atoms with E-state index in [1.807, 2.05) is 0 Å². The van der Waals surface area contributed by atoms with Crippen LogP contribution in [0.25, 0.3) is 22.3 Å². The lowest BCUT2D eigenvalue weighted by Crippen LogP contribution is -2.34. The predicted molar refractivity (Wildman–Crippen MR) is 96.7 cm³/mol. The fourth-order valence-corrected chi connectivity index (χ4v) is 3.33. The van der Waals surface area contributed by atoms with E-state index in [1.165, 1.54) is 16.8 Å². The Morgan fingerprint density at radius 2 is 1.88 bits per heavy atom. The Kier molecular flexibility index (Phi) is 3.97. The lowest BCUT2D eigenvalue weighted by Gasteiger charge is -2.30. The van der Waals surface area contributed by atoms with Crippen molar-refractivity contribution in [3.05, 3.63) is 29.8 Å². The fraction of sp³-hybridized carbons (Fsp3) is 0.389. The smallest absolute Gasteiger partial charge is 0.228 e. The second-order valence-electron chi connectivity index (χ2n) is 6.85. The van der Waals surface area contributed by atoms with Crippen molar-refractivity contribution in [2.45, 2.75) is 19.8 Å². The fourth-order valence-electron chi connectivity index (χ4n) is 3.33. The minimum absolute atomic E-state index is 0.0590. The van der Waals surface area contributed by atoms with Gasteiger partial charge in [-0.3, -0.25) is 4.68 Å². The Labute approximate surface area is 149 Å². The zero-order valence-corrected chi connectivity index (χ0v) is 14.7. The first-order valence-corrected chi connectivity index (χ1v) is 8.65. The van der Waals surface area contributed by atoms with E-state index in [0.717, 1.165) is 32.0 Å². The lowest BCUT2D eigenvalue weighted by atomic mass is 9.99. The highest BCUT2D eigenvalue weighted by atomic mass is 19.2. The molecule has 1 aromatic carbocycles. The highest BCUT2D eigenvalue weighted by Crippen LogP contribution is 2.34. The van der Waals surface area contributed by atoms with Gasteiger partial charge in [-0.2, -0.15) is 10.1 Å². The Morgan fingerprint density at radius 1 is 1.15 bits per heavy atom. The minimum atomic E-state index is -0.950. The molecule has 8 heteroatoms. The molecule has 0 amide bonds. The first kappa shape index (κ1) is 16.7. The molecule has 0 aliphatic carbocycles. The lowest BCUT2D eigenvalue weighted by molar-refractivity contribution is 0.434. The van der Waals surface area contributed by atoms with E-state index in [2.05, 4.69) is 26.9 Å². The second kappa shape index (κ2) is 6.19. The molecule has 0 saturated carbocycles. The van der Waals surface area contributed by atoms with Crippen LogP contribution in [0, 0.1) is 17.6 Å². The summed E-state index contributed by atoms with van der Waals surface area (Å²) in [4.78, 5) is 11.2. The molecule has 0 atom stereocenters. The van der Waals surface area contributed by atoms with Crippen molar-refractivity contribution in [1.82, 2.24) is 19.7 Å². The number of piperidine rings is 1. The highest BCUT2D eigenvalue weighted by molar-refractivity contribution is 5.99. The van der Waals surface area contributed by atoms with Crippen molar-refractivity contribution in [2.75, 3.05) is 23.7 Å². The zero-order chi connectivity index (χ0) is 18.4. The number of halogens is 2. The summed E-state index contributed by atoms with van der Waals surface area (Å²) in [6, 6.07) is 4.03. The second-order valence-corrected chi connectivity index (χ2v) is 6.85. The molecule has 3 aromatic rings. The van der Waals surface area contributed by atoms with Gasteiger partial charge in [0.15, 0.2) is 17.3 Å². The number of nitrogens with zero attached hydrogens (tertiary/aromatic N) is 5. The van der Waals surface area contributed by atoms with Gasteiger partial charge in [0.2, 0.25) is 5.95 Å². The molecular formula is C18H20F2N6. The number of nitrogens with two attached hydrogens (primary N) is 1. The summed E-state index contributed by atoms with van der Waals surface area (Å²) in [5.41, 5.74) is 6.81. The number of aromatic nitrogens is 4. The Bertz CT molecular complexity index is 975. The van der Waals surface area contributed by atoms with E-state index >= 15 is 0 Å². The maximum Gasteiger partial charge on any atom is 0.228 e. The summed E-state index contributed by atoms with van der Waals surface area (Å²) in [5.74, 6) is -0.432. The average molecular weight is 358 g/mol. The number of hydrogen-bond acceptors (Lipinski definition) is 5. The van der Waals surface area contributed by atoms with Crippen LogP contribution in [0.1, 0.15) is 19.8 Å². The molecule has 136 valence electrons. The molecule has 0 radical (unpaired) electrons. The monoisotopic (exact) mass is 358 g/mol. The number of fused-ring (bicyclic) bond motifs is 1. The highest BCUT2D eigenvalue weighted by Gasteiger charge is 2.24. The normalized spacial score (nSPS) is 15.8. The molecule has 26 heavy (non-hydrogen) atoms. The van der Waals surface area contributed by atoms with Crippen LogP contribution in [-0.2, 0) is 7.05 Å². The van der Waals surface area contributed by atoms with Crippen molar-refractivity contribution < 1.29 is 8.78 Å². The molecule has 0 spiro atoms. The molecule has 4 rings (SSSR count). The van der Waals surface area contributed by atoms with Crippen molar-refractivity contribution in [3.8, 4) is 11.3 Å². The first-order valence-electron chi connectivity index (χ1n) is 8.65. The van der Waals surface area contributed by atoms with Gasteiger partial charge in [-0.15, -0.1) is 0 Å². The van der Waals surface area contributed by atoms with Gasteiger partial charge < -0.3 is 10.6 Å². The van der Waals surface area contributed by atoms with E-state index in [0.29, 0.717) is 28.7 Å². The van der Waals surface area contributed by atoms with Gasteiger partial charge in [-0.05, 0) is 30.9 Å². The summed E-state index contributed by atoms with van der Waals surface area (Å²) in [6.07, 6.45) is 2.07. The number of hydrogen-bond donors (Lipinski definition) is 1. The van der Waals surface area contributed by atoms with Crippen LogP contribution < -0.4 is 10.6 Å². The molecule has 0 unspecified atom stereocenters. The average Bonchev–Trinajstić information content (AvgIpc) is 2.91. The third-order valence-electron chi connectivity index (χ3n) is 5.00. The molecule has 1 saturated heterocycles. The molecule has 1 aliphatic heterocycles. The van der Waals surface area contributed by atoms with Crippen LogP contribution in [0.2, 0.25) is 0 Å².